The van der Waals surface area contributed by atoms with Gasteiger partial charge in [-0.25, -0.2) is 4.98 Å². The zero-order valence-corrected chi connectivity index (χ0v) is 20.9. The Bertz CT molecular complexity index is 1230. The first-order valence-corrected chi connectivity index (χ1v) is 11.9. The summed E-state index contributed by atoms with van der Waals surface area (Å²) in [6, 6.07) is 7.37. The summed E-state index contributed by atoms with van der Waals surface area (Å²) in [7, 11) is 3.07. The Balaban J connectivity index is 1.57. The molecule has 3 heterocycles. The fourth-order valence-electron chi connectivity index (χ4n) is 4.75. The highest BCUT2D eigenvalue weighted by molar-refractivity contribution is 6.05. The molecule has 2 aromatic heterocycles. The van der Waals surface area contributed by atoms with E-state index < -0.39 is 0 Å². The van der Waals surface area contributed by atoms with Gasteiger partial charge in [0, 0.05) is 43.3 Å². The summed E-state index contributed by atoms with van der Waals surface area (Å²) >= 11 is 0. The molecule has 2 unspecified atom stereocenters. The van der Waals surface area contributed by atoms with Gasteiger partial charge >= 0.3 is 0 Å². The minimum absolute atomic E-state index is 0.00202. The van der Waals surface area contributed by atoms with Crippen molar-refractivity contribution in [3.05, 3.63) is 41.7 Å². The second kappa shape index (κ2) is 10.0. The Morgan fingerprint density at radius 3 is 2.71 bits per heavy atom. The minimum Gasteiger partial charge on any atom is -0.480 e. The van der Waals surface area contributed by atoms with Gasteiger partial charge in [-0.15, -0.1) is 0 Å². The molecule has 0 spiro atoms. The number of nitrogens with one attached hydrogen (secondary N) is 3. The maximum absolute atomic E-state index is 13.2. The van der Waals surface area contributed by atoms with Gasteiger partial charge in [-0.05, 0) is 42.0 Å². The van der Waals surface area contributed by atoms with Crippen LogP contribution < -0.4 is 15.4 Å². The number of benzene rings is 1. The third-order valence-corrected chi connectivity index (χ3v) is 6.45. The van der Waals surface area contributed by atoms with Gasteiger partial charge in [0.05, 0.1) is 18.7 Å². The van der Waals surface area contributed by atoms with E-state index in [0.717, 1.165) is 36.0 Å². The molecule has 1 aliphatic heterocycles. The zero-order valence-electron chi connectivity index (χ0n) is 20.9. The van der Waals surface area contributed by atoms with Crippen molar-refractivity contribution in [1.82, 2.24) is 25.8 Å². The third kappa shape index (κ3) is 5.14. The van der Waals surface area contributed by atoms with Gasteiger partial charge in [0.2, 0.25) is 5.88 Å². The Morgan fingerprint density at radius 1 is 1.20 bits per heavy atom. The van der Waals surface area contributed by atoms with Crippen LogP contribution in [-0.2, 0) is 4.74 Å². The Labute approximate surface area is 205 Å². The van der Waals surface area contributed by atoms with Crippen LogP contribution >= 0.6 is 0 Å². The van der Waals surface area contributed by atoms with E-state index in [1.165, 1.54) is 7.11 Å². The standard InChI is InChI=1S/C26H33N5O4/c1-26(2,3)22-16(7-6-10-35-22)13-28-23(32)19-11-17(14-29-25(19)34-5)15-8-9-18-20(12-15)30-31-21(18)24(33)27-4/h8-9,11-12,14,16,22H,6-7,10,13H2,1-5H3,(H,27,33)(H,28,32)(H,30,31). The second-order valence-corrected chi connectivity index (χ2v) is 9.96. The number of fused-ring (bicyclic) bond motifs is 1. The van der Waals surface area contributed by atoms with Crippen LogP contribution in [0.4, 0.5) is 0 Å². The molecule has 0 bridgehead atoms. The molecule has 3 N–H and O–H groups in total. The van der Waals surface area contributed by atoms with E-state index in [4.69, 9.17) is 9.47 Å². The molecule has 1 aromatic carbocycles. The first-order chi connectivity index (χ1) is 16.7. The molecular formula is C26H33N5O4. The Hall–Kier alpha value is -3.46. The molecular weight excluding hydrogens is 446 g/mol. The summed E-state index contributed by atoms with van der Waals surface area (Å²) in [6.07, 6.45) is 3.76. The summed E-state index contributed by atoms with van der Waals surface area (Å²) < 4.78 is 11.4. The molecule has 0 aliphatic carbocycles. The van der Waals surface area contributed by atoms with E-state index in [0.29, 0.717) is 23.3 Å². The van der Waals surface area contributed by atoms with Gasteiger partial charge in [0.15, 0.2) is 5.69 Å². The highest BCUT2D eigenvalue weighted by Crippen LogP contribution is 2.34. The summed E-state index contributed by atoms with van der Waals surface area (Å²) in [5.41, 5.74) is 3.00. The zero-order chi connectivity index (χ0) is 25.2. The van der Waals surface area contributed by atoms with E-state index in [2.05, 4.69) is 46.6 Å². The highest BCUT2D eigenvalue weighted by Gasteiger charge is 2.35. The van der Waals surface area contributed by atoms with Gasteiger partial charge in [-0.2, -0.15) is 5.10 Å². The molecule has 2 amide bonds. The molecule has 0 saturated carbocycles. The quantitative estimate of drug-likeness (QED) is 0.498. The van der Waals surface area contributed by atoms with E-state index in [1.54, 1.807) is 19.3 Å². The topological polar surface area (TPSA) is 118 Å². The van der Waals surface area contributed by atoms with Crippen LogP contribution in [0.2, 0.25) is 0 Å². The molecule has 1 saturated heterocycles. The van der Waals surface area contributed by atoms with E-state index in [-0.39, 0.29) is 35.1 Å². The number of rotatable bonds is 6. The smallest absolute Gasteiger partial charge is 0.272 e. The maximum atomic E-state index is 13.2. The lowest BCUT2D eigenvalue weighted by Crippen LogP contribution is -2.45. The van der Waals surface area contributed by atoms with Crippen LogP contribution in [0.3, 0.4) is 0 Å². The van der Waals surface area contributed by atoms with E-state index in [1.807, 2.05) is 18.2 Å². The Morgan fingerprint density at radius 2 is 2.00 bits per heavy atom. The summed E-state index contributed by atoms with van der Waals surface area (Å²) in [5.74, 6) is 0.0141. The van der Waals surface area contributed by atoms with E-state index in [9.17, 15) is 9.59 Å². The molecule has 0 radical (unpaired) electrons. The van der Waals surface area contributed by atoms with Gasteiger partial charge in [-0.3, -0.25) is 14.7 Å². The fraction of sp³-hybridized carbons (Fsp3) is 0.462. The van der Waals surface area contributed by atoms with Crippen molar-refractivity contribution in [2.24, 2.45) is 11.3 Å². The lowest BCUT2D eigenvalue weighted by atomic mass is 9.78. The normalized spacial score (nSPS) is 18.3. The van der Waals surface area contributed by atoms with Crippen LogP contribution in [0.25, 0.3) is 22.0 Å². The lowest BCUT2D eigenvalue weighted by Gasteiger charge is -2.40. The highest BCUT2D eigenvalue weighted by atomic mass is 16.5. The number of carbonyl (C=O) groups excluding carboxylic acids is 2. The number of pyridine rings is 1. The lowest BCUT2D eigenvalue weighted by molar-refractivity contribution is -0.0839. The molecule has 1 aliphatic rings. The first kappa shape index (κ1) is 24.7. The number of aromatic nitrogens is 3. The van der Waals surface area contributed by atoms with Crippen molar-refractivity contribution < 1.29 is 19.1 Å². The number of nitrogens with zero attached hydrogens (tertiary/aromatic N) is 2. The average Bonchev–Trinajstić information content (AvgIpc) is 3.29. The maximum Gasteiger partial charge on any atom is 0.272 e. The van der Waals surface area contributed by atoms with Gasteiger partial charge in [0.25, 0.3) is 11.8 Å². The van der Waals surface area contributed by atoms with Crippen molar-refractivity contribution in [2.45, 2.75) is 39.7 Å². The molecule has 35 heavy (non-hydrogen) atoms. The predicted octanol–water partition coefficient (Wildman–Crippen LogP) is 3.56. The van der Waals surface area contributed by atoms with Crippen LogP contribution in [0.5, 0.6) is 5.88 Å². The molecule has 1 fully saturated rings. The number of hydrogen-bond donors (Lipinski definition) is 3. The van der Waals surface area contributed by atoms with Gasteiger partial charge in [0.1, 0.15) is 5.56 Å². The van der Waals surface area contributed by atoms with Crippen LogP contribution in [-0.4, -0.2) is 60.4 Å². The summed E-state index contributed by atoms with van der Waals surface area (Å²) in [6.45, 7) is 7.79. The fourth-order valence-corrected chi connectivity index (χ4v) is 4.75. The van der Waals surface area contributed by atoms with Crippen molar-refractivity contribution in [1.29, 1.82) is 0 Å². The number of aromatic amines is 1. The largest absolute Gasteiger partial charge is 0.480 e. The van der Waals surface area contributed by atoms with Crippen molar-refractivity contribution in [3.8, 4) is 17.0 Å². The third-order valence-electron chi connectivity index (χ3n) is 6.45. The molecule has 4 rings (SSSR count). The number of H-pyrrole nitrogens is 1. The second-order valence-electron chi connectivity index (χ2n) is 9.96. The van der Waals surface area contributed by atoms with E-state index >= 15 is 0 Å². The van der Waals surface area contributed by atoms with Gasteiger partial charge < -0.3 is 20.1 Å². The van der Waals surface area contributed by atoms with Crippen LogP contribution in [0.15, 0.2) is 30.5 Å². The minimum atomic E-state index is -0.258. The number of ether oxygens (including phenoxy) is 2. The first-order valence-electron chi connectivity index (χ1n) is 11.9. The predicted molar refractivity (Wildman–Crippen MR) is 134 cm³/mol. The number of carbonyl (C=O) groups is 2. The van der Waals surface area contributed by atoms with Crippen LogP contribution in [0, 0.1) is 11.3 Å². The van der Waals surface area contributed by atoms with Crippen LogP contribution in [0.1, 0.15) is 54.5 Å². The SMILES string of the molecule is CNC(=O)c1n[nH]c2cc(-c3cnc(OC)c(C(=O)NCC4CCCOC4C(C)(C)C)c3)ccc12. The average molecular weight is 480 g/mol. The molecule has 2 atom stereocenters. The molecule has 9 nitrogen and oxygen atoms in total. The molecule has 186 valence electrons. The molecule has 3 aromatic rings. The number of methoxy groups -OCH3 is 1. The number of hydrogen-bond acceptors (Lipinski definition) is 6. The number of amides is 2. The van der Waals surface area contributed by atoms with Crippen molar-refractivity contribution in [2.75, 3.05) is 27.3 Å². The van der Waals surface area contributed by atoms with Crippen molar-refractivity contribution in [3.63, 3.8) is 0 Å². The Kier molecular flexibility index (Phi) is 7.07. The monoisotopic (exact) mass is 479 g/mol. The summed E-state index contributed by atoms with van der Waals surface area (Å²) in [5, 5.41) is 13.4. The molecule has 9 heteroatoms. The van der Waals surface area contributed by atoms with Gasteiger partial charge in [-0.1, -0.05) is 26.8 Å². The van der Waals surface area contributed by atoms with Crippen molar-refractivity contribution >= 4 is 22.7 Å². The summed E-state index contributed by atoms with van der Waals surface area (Å²) in [4.78, 5) is 29.6.